The van der Waals surface area contributed by atoms with E-state index in [-0.39, 0.29) is 0 Å². The molecule has 16 heavy (non-hydrogen) atoms. The van der Waals surface area contributed by atoms with E-state index in [1.54, 1.807) is 25.1 Å². The minimum atomic E-state index is -1.57. The molecule has 0 amide bonds. The molecule has 0 saturated heterocycles. The molecular weight excluding hydrogens is 222 g/mol. The van der Waals surface area contributed by atoms with Crippen LogP contribution in [0.4, 0.5) is 0 Å². The summed E-state index contributed by atoms with van der Waals surface area (Å²) in [5.74, 6) is 0. The average molecular weight is 237 g/mol. The predicted octanol–water partition coefficient (Wildman–Crippen LogP) is 1.77. The Kier molecular flexibility index (Phi) is 3.84. The Morgan fingerprint density at radius 3 is 2.38 bits per heavy atom. The van der Waals surface area contributed by atoms with Crippen LogP contribution in [0.1, 0.15) is 19.4 Å². The number of nitriles is 1. The van der Waals surface area contributed by atoms with E-state index in [0.717, 1.165) is 5.56 Å². The summed E-state index contributed by atoms with van der Waals surface area (Å²) in [7, 11) is -1.38. The molecule has 0 fully saturated rings. The van der Waals surface area contributed by atoms with Crippen molar-refractivity contribution in [1.82, 2.24) is 0 Å². The lowest BCUT2D eigenvalue weighted by Crippen LogP contribution is -2.38. The highest BCUT2D eigenvalue weighted by Crippen LogP contribution is 2.20. The maximum atomic E-state index is 12.1. The quantitative estimate of drug-likeness (QED) is 0.815. The summed E-state index contributed by atoms with van der Waals surface area (Å²) in [5.41, 5.74) is -0.490. The zero-order valence-corrected chi connectivity index (χ0v) is 10.4. The van der Waals surface area contributed by atoms with Gasteiger partial charge in [0, 0.05) is 4.90 Å². The molecule has 0 heterocycles. The van der Waals surface area contributed by atoms with Gasteiger partial charge in [-0.25, -0.2) is 0 Å². The molecular formula is C12H15NO2S. The number of hydrogen-bond acceptors (Lipinski definition) is 3. The zero-order valence-electron chi connectivity index (χ0n) is 9.60. The van der Waals surface area contributed by atoms with Gasteiger partial charge in [-0.05, 0) is 32.9 Å². The molecule has 86 valence electrons. The molecule has 0 radical (unpaired) electrons. The van der Waals surface area contributed by atoms with Crippen LogP contribution >= 0.6 is 0 Å². The highest BCUT2D eigenvalue weighted by molar-refractivity contribution is 7.85. The van der Waals surface area contributed by atoms with Gasteiger partial charge in [-0.15, -0.1) is 0 Å². The van der Waals surface area contributed by atoms with Gasteiger partial charge in [0.15, 0.2) is 5.60 Å². The summed E-state index contributed by atoms with van der Waals surface area (Å²) in [6, 6.07) is 9.01. The molecule has 1 N–H and O–H groups in total. The molecule has 0 saturated carbocycles. The second kappa shape index (κ2) is 4.77. The minimum Gasteiger partial charge on any atom is -0.374 e. The highest BCUT2D eigenvalue weighted by atomic mass is 32.2. The molecule has 0 bridgehead atoms. The lowest BCUT2D eigenvalue weighted by Gasteiger charge is -2.22. The summed E-state index contributed by atoms with van der Waals surface area (Å²) >= 11 is 0. The van der Waals surface area contributed by atoms with Crippen molar-refractivity contribution in [3.63, 3.8) is 0 Å². The summed E-state index contributed by atoms with van der Waals surface area (Å²) in [6.45, 7) is 4.94. The van der Waals surface area contributed by atoms with Crippen molar-refractivity contribution < 1.29 is 9.32 Å². The van der Waals surface area contributed by atoms with Crippen LogP contribution in [0.5, 0.6) is 0 Å². The van der Waals surface area contributed by atoms with E-state index in [9.17, 15) is 9.32 Å². The maximum Gasteiger partial charge on any atom is 0.162 e. The molecule has 4 heteroatoms. The Bertz CT molecular complexity index is 431. The van der Waals surface area contributed by atoms with Gasteiger partial charge in [-0.1, -0.05) is 17.7 Å². The fourth-order valence-corrected chi connectivity index (χ4v) is 2.46. The molecule has 0 spiro atoms. The molecule has 3 atom stereocenters. The van der Waals surface area contributed by atoms with Gasteiger partial charge in [0.05, 0.1) is 22.1 Å². The second-order valence-corrected chi connectivity index (χ2v) is 5.79. The van der Waals surface area contributed by atoms with E-state index in [4.69, 9.17) is 5.26 Å². The van der Waals surface area contributed by atoms with Crippen molar-refractivity contribution in [3.05, 3.63) is 29.8 Å². The van der Waals surface area contributed by atoms with Gasteiger partial charge >= 0.3 is 0 Å². The van der Waals surface area contributed by atoms with Crippen LogP contribution in [0.15, 0.2) is 29.2 Å². The van der Waals surface area contributed by atoms with Gasteiger partial charge in [0.25, 0.3) is 0 Å². The van der Waals surface area contributed by atoms with Gasteiger partial charge in [-0.3, -0.25) is 4.21 Å². The van der Waals surface area contributed by atoms with E-state index in [1.807, 2.05) is 19.1 Å². The van der Waals surface area contributed by atoms with Crippen molar-refractivity contribution in [2.24, 2.45) is 0 Å². The highest BCUT2D eigenvalue weighted by Gasteiger charge is 2.33. The van der Waals surface area contributed by atoms with E-state index in [0.29, 0.717) is 4.90 Å². The second-order valence-electron chi connectivity index (χ2n) is 4.01. The zero-order chi connectivity index (χ0) is 12.3. The van der Waals surface area contributed by atoms with E-state index in [1.165, 1.54) is 6.92 Å². The van der Waals surface area contributed by atoms with Crippen molar-refractivity contribution in [1.29, 1.82) is 5.26 Å². The standard InChI is InChI=1S/C12H15NO2S/c1-9-4-6-11(7-5-9)16(15)10(2)12(3,14)8-13/h4-7,10,14H,1-3H3/t10?,12-,16?/m0/s1. The summed E-state index contributed by atoms with van der Waals surface area (Å²) in [5, 5.41) is 17.9. The summed E-state index contributed by atoms with van der Waals surface area (Å²) < 4.78 is 12.1. The Hall–Kier alpha value is -1.18. The van der Waals surface area contributed by atoms with E-state index in [2.05, 4.69) is 0 Å². The molecule has 3 nitrogen and oxygen atoms in total. The molecule has 1 rings (SSSR count). The topological polar surface area (TPSA) is 61.1 Å². The first kappa shape index (κ1) is 12.9. The number of rotatable bonds is 3. The van der Waals surface area contributed by atoms with Crippen LogP contribution < -0.4 is 0 Å². The van der Waals surface area contributed by atoms with Crippen LogP contribution in [0, 0.1) is 18.3 Å². The third-order valence-electron chi connectivity index (χ3n) is 2.59. The molecule has 2 unspecified atom stereocenters. The van der Waals surface area contributed by atoms with Crippen molar-refractivity contribution in [2.45, 2.75) is 36.5 Å². The van der Waals surface area contributed by atoms with Crippen LogP contribution in [-0.4, -0.2) is 20.2 Å². The molecule has 0 aliphatic carbocycles. The Morgan fingerprint density at radius 1 is 1.44 bits per heavy atom. The summed E-state index contributed by atoms with van der Waals surface area (Å²) in [4.78, 5) is 0.633. The van der Waals surface area contributed by atoms with Gasteiger partial charge in [0.2, 0.25) is 0 Å². The van der Waals surface area contributed by atoms with Crippen LogP contribution in [-0.2, 0) is 10.8 Å². The smallest absolute Gasteiger partial charge is 0.162 e. The lowest BCUT2D eigenvalue weighted by molar-refractivity contribution is 0.120. The first-order chi connectivity index (χ1) is 7.38. The Labute approximate surface area is 98.2 Å². The largest absolute Gasteiger partial charge is 0.374 e. The Morgan fingerprint density at radius 2 is 1.94 bits per heavy atom. The van der Waals surface area contributed by atoms with Gasteiger partial charge in [-0.2, -0.15) is 5.26 Å². The van der Waals surface area contributed by atoms with Crippen molar-refractivity contribution in [3.8, 4) is 6.07 Å². The Balaban J connectivity index is 2.96. The molecule has 0 aliphatic heterocycles. The first-order valence-corrected chi connectivity index (χ1v) is 6.20. The lowest BCUT2D eigenvalue weighted by atomic mass is 10.1. The molecule has 0 aromatic heterocycles. The van der Waals surface area contributed by atoms with E-state index >= 15 is 0 Å². The fourth-order valence-electron chi connectivity index (χ4n) is 1.18. The third-order valence-corrected chi connectivity index (χ3v) is 4.43. The first-order valence-electron chi connectivity index (χ1n) is 4.99. The minimum absolute atomic E-state index is 0.625. The molecule has 0 aliphatic rings. The number of hydrogen-bond donors (Lipinski definition) is 1. The monoisotopic (exact) mass is 237 g/mol. The number of benzene rings is 1. The SMILES string of the molecule is Cc1ccc(S(=O)C(C)[C@@](C)(O)C#N)cc1. The fraction of sp³-hybridized carbons (Fsp3) is 0.417. The predicted molar refractivity (Wildman–Crippen MR) is 63.3 cm³/mol. The molecule has 1 aromatic carbocycles. The number of aliphatic hydroxyl groups is 1. The van der Waals surface area contributed by atoms with E-state index < -0.39 is 21.7 Å². The van der Waals surface area contributed by atoms with Crippen molar-refractivity contribution in [2.75, 3.05) is 0 Å². The summed E-state index contributed by atoms with van der Waals surface area (Å²) in [6.07, 6.45) is 0. The average Bonchev–Trinajstić information content (AvgIpc) is 2.28. The van der Waals surface area contributed by atoms with Gasteiger partial charge < -0.3 is 5.11 Å². The number of aryl methyl sites for hydroxylation is 1. The van der Waals surface area contributed by atoms with Crippen LogP contribution in [0.2, 0.25) is 0 Å². The third kappa shape index (κ3) is 2.69. The molecule has 1 aromatic rings. The van der Waals surface area contributed by atoms with Crippen LogP contribution in [0.25, 0.3) is 0 Å². The van der Waals surface area contributed by atoms with Crippen molar-refractivity contribution >= 4 is 10.8 Å². The maximum absolute atomic E-state index is 12.1. The van der Waals surface area contributed by atoms with Crippen LogP contribution in [0.3, 0.4) is 0 Å². The number of nitrogens with zero attached hydrogens (tertiary/aromatic N) is 1. The normalized spacial score (nSPS) is 18.2. The van der Waals surface area contributed by atoms with Gasteiger partial charge in [0.1, 0.15) is 0 Å².